The molecule has 0 aliphatic heterocycles. The maximum absolute atomic E-state index is 10.8. The Morgan fingerprint density at radius 3 is 1.42 bits per heavy atom. The first-order chi connectivity index (χ1) is 15.8. The van der Waals surface area contributed by atoms with Gasteiger partial charge >= 0.3 is 21.7 Å². The molecule has 0 aromatic heterocycles. The summed E-state index contributed by atoms with van der Waals surface area (Å²) in [5, 5.41) is 10.8. The molecule has 0 aliphatic carbocycles. The van der Waals surface area contributed by atoms with E-state index >= 15 is 0 Å². The fourth-order valence-electron chi connectivity index (χ4n) is 3.04. The van der Waals surface area contributed by atoms with Crippen molar-refractivity contribution in [1.82, 2.24) is 0 Å². The summed E-state index contributed by atoms with van der Waals surface area (Å²) in [6.07, 6.45) is 2.66. The van der Waals surface area contributed by atoms with Gasteiger partial charge in [-0.05, 0) is 5.56 Å². The minimum absolute atomic E-state index is 0. The van der Waals surface area contributed by atoms with Crippen molar-refractivity contribution in [1.29, 1.82) is 0 Å². The SMILES string of the molecule is OC(C(=[C-]c1ccccc1)c1ccccc1)c1ccccc1.[Ti+3].c1cc[cH-]c1.c1cc[cH-]c1. The zero-order chi connectivity index (χ0) is 22.3. The smallest absolute Gasteiger partial charge is 0.385 e. The molecule has 2 heteroatoms. The third kappa shape index (κ3) is 9.43. The standard InChI is InChI=1S/C21H17O.2C5H5.Ti/c22-21(19-14-8-3-9-15-19)20(18-12-6-2-7-13-18)16-17-10-4-1-5-11-17;2*1-2-4-5-3-1;/h1-15,21-22H;2*1-5H;/q3*-1;+3. The fraction of sp³-hybridized carbons (Fsp3) is 0.0323. The van der Waals surface area contributed by atoms with Crippen LogP contribution in [0.25, 0.3) is 5.57 Å². The molecule has 33 heavy (non-hydrogen) atoms. The van der Waals surface area contributed by atoms with Gasteiger partial charge in [0.15, 0.2) is 0 Å². The second kappa shape index (κ2) is 15.6. The molecule has 0 spiro atoms. The Bertz CT molecular complexity index is 1040. The predicted molar refractivity (Wildman–Crippen MR) is 134 cm³/mol. The number of aliphatic hydroxyl groups excluding tert-OH is 1. The van der Waals surface area contributed by atoms with Crippen LogP contribution < -0.4 is 0 Å². The van der Waals surface area contributed by atoms with Gasteiger partial charge in [0.05, 0.1) is 6.10 Å². The minimum Gasteiger partial charge on any atom is -0.385 e. The van der Waals surface area contributed by atoms with E-state index in [1.807, 2.05) is 152 Å². The molecule has 0 saturated heterocycles. The van der Waals surface area contributed by atoms with Crippen LogP contribution in [0.1, 0.15) is 22.8 Å². The Morgan fingerprint density at radius 2 is 1.00 bits per heavy atom. The average Bonchev–Trinajstić information content (AvgIpc) is 3.64. The summed E-state index contributed by atoms with van der Waals surface area (Å²) in [7, 11) is 0. The van der Waals surface area contributed by atoms with Gasteiger partial charge in [-0.1, -0.05) is 77.9 Å². The van der Waals surface area contributed by atoms with Crippen molar-refractivity contribution in [3.63, 3.8) is 0 Å². The van der Waals surface area contributed by atoms with Crippen molar-refractivity contribution >= 4 is 5.57 Å². The van der Waals surface area contributed by atoms with Crippen molar-refractivity contribution in [2.24, 2.45) is 0 Å². The summed E-state index contributed by atoms with van der Waals surface area (Å²) >= 11 is 0. The Labute approximate surface area is 212 Å². The molecule has 0 fully saturated rings. The Morgan fingerprint density at radius 1 is 0.576 bits per heavy atom. The van der Waals surface area contributed by atoms with Crippen LogP contribution in [-0.4, -0.2) is 5.11 Å². The van der Waals surface area contributed by atoms with Gasteiger partial charge in [0.25, 0.3) is 0 Å². The van der Waals surface area contributed by atoms with E-state index in [2.05, 4.69) is 6.08 Å². The molecule has 1 unspecified atom stereocenters. The van der Waals surface area contributed by atoms with Crippen LogP contribution in [0.2, 0.25) is 0 Å². The van der Waals surface area contributed by atoms with E-state index in [1.165, 1.54) is 0 Å². The van der Waals surface area contributed by atoms with Crippen LogP contribution >= 0.6 is 0 Å². The first kappa shape index (κ1) is 26.0. The number of hydrogen-bond acceptors (Lipinski definition) is 1. The molecule has 5 rings (SSSR count). The van der Waals surface area contributed by atoms with Crippen molar-refractivity contribution in [3.8, 4) is 0 Å². The van der Waals surface area contributed by atoms with Gasteiger partial charge in [-0.15, -0.1) is 35.9 Å². The van der Waals surface area contributed by atoms with Gasteiger partial charge in [0.2, 0.25) is 0 Å². The van der Waals surface area contributed by atoms with Crippen LogP contribution in [-0.2, 0) is 21.7 Å². The van der Waals surface area contributed by atoms with Crippen LogP contribution in [0.5, 0.6) is 0 Å². The van der Waals surface area contributed by atoms with Crippen molar-refractivity contribution in [2.75, 3.05) is 0 Å². The molecular weight excluding hydrogens is 436 g/mol. The van der Waals surface area contributed by atoms with Crippen molar-refractivity contribution in [2.45, 2.75) is 6.10 Å². The van der Waals surface area contributed by atoms with Gasteiger partial charge in [0, 0.05) is 0 Å². The van der Waals surface area contributed by atoms with Crippen molar-refractivity contribution in [3.05, 3.63) is 174 Å². The molecule has 1 atom stereocenters. The van der Waals surface area contributed by atoms with Crippen LogP contribution in [0.15, 0.2) is 152 Å². The molecule has 0 heterocycles. The van der Waals surface area contributed by atoms with Gasteiger partial charge in [-0.2, -0.15) is 36.4 Å². The average molecular weight is 463 g/mol. The summed E-state index contributed by atoms with van der Waals surface area (Å²) in [4.78, 5) is 0. The summed E-state index contributed by atoms with van der Waals surface area (Å²) in [6.45, 7) is 0. The molecular formula is C31H27OTi. The summed E-state index contributed by atoms with van der Waals surface area (Å²) in [6, 6.07) is 49.5. The molecule has 1 radical (unpaired) electrons. The molecule has 1 nitrogen and oxygen atoms in total. The zero-order valence-electron chi connectivity index (χ0n) is 18.5. The maximum atomic E-state index is 10.8. The monoisotopic (exact) mass is 463 g/mol. The Hall–Kier alpha value is -3.23. The molecule has 1 N–H and O–H groups in total. The molecule has 0 amide bonds. The number of benzene rings is 3. The maximum Gasteiger partial charge on any atom is 3.00 e. The largest absolute Gasteiger partial charge is 3.00 e. The van der Waals surface area contributed by atoms with E-state index in [1.54, 1.807) is 0 Å². The predicted octanol–water partition coefficient (Wildman–Crippen LogP) is 7.46. The van der Waals surface area contributed by atoms with E-state index < -0.39 is 6.10 Å². The fourth-order valence-corrected chi connectivity index (χ4v) is 3.04. The van der Waals surface area contributed by atoms with Crippen LogP contribution in [0, 0.1) is 6.08 Å². The molecule has 5 aromatic rings. The molecule has 0 aliphatic rings. The van der Waals surface area contributed by atoms with E-state index in [-0.39, 0.29) is 21.7 Å². The summed E-state index contributed by atoms with van der Waals surface area (Å²) in [5.41, 5.74) is 3.57. The number of hydrogen-bond donors (Lipinski definition) is 1. The number of aliphatic hydroxyl groups is 1. The second-order valence-corrected chi connectivity index (χ2v) is 7.01. The Balaban J connectivity index is 0.000000288. The topological polar surface area (TPSA) is 20.2 Å². The Kier molecular flexibility index (Phi) is 12.3. The van der Waals surface area contributed by atoms with E-state index in [0.29, 0.717) is 0 Å². The van der Waals surface area contributed by atoms with E-state index in [4.69, 9.17) is 0 Å². The van der Waals surface area contributed by atoms with Crippen LogP contribution in [0.3, 0.4) is 0 Å². The minimum atomic E-state index is -0.705. The first-order valence-corrected chi connectivity index (χ1v) is 10.7. The van der Waals surface area contributed by atoms with Gasteiger partial charge in [-0.25, -0.2) is 24.3 Å². The summed E-state index contributed by atoms with van der Waals surface area (Å²) in [5.74, 6) is 0. The van der Waals surface area contributed by atoms with Gasteiger partial charge in [-0.3, -0.25) is 0 Å². The first-order valence-electron chi connectivity index (χ1n) is 10.7. The second-order valence-electron chi connectivity index (χ2n) is 7.01. The van der Waals surface area contributed by atoms with Crippen LogP contribution in [0.4, 0.5) is 0 Å². The molecule has 0 saturated carbocycles. The van der Waals surface area contributed by atoms with Crippen molar-refractivity contribution < 1.29 is 26.8 Å². The van der Waals surface area contributed by atoms with E-state index in [9.17, 15) is 5.11 Å². The van der Waals surface area contributed by atoms with Gasteiger partial charge < -0.3 is 5.11 Å². The zero-order valence-corrected chi connectivity index (χ0v) is 20.0. The molecule has 161 valence electrons. The third-order valence-electron chi connectivity index (χ3n) is 4.64. The quantitative estimate of drug-likeness (QED) is 0.167. The normalized spacial score (nSPS) is 11.0. The summed E-state index contributed by atoms with van der Waals surface area (Å²) < 4.78 is 0. The third-order valence-corrected chi connectivity index (χ3v) is 4.64. The number of rotatable bonds is 4. The molecule has 0 bridgehead atoms. The van der Waals surface area contributed by atoms with E-state index in [0.717, 1.165) is 22.3 Å². The van der Waals surface area contributed by atoms with Gasteiger partial charge in [0.1, 0.15) is 0 Å². The molecule has 5 aromatic carbocycles.